The molecule has 1 N–H and O–H groups in total. The number of Topliss-reactive ketones (excluding diaryl/α,β-unsaturated/α-hetero) is 1. The Hall–Kier alpha value is -5.79. The number of benzene rings is 1. The first-order chi connectivity index (χ1) is 24.6. The van der Waals surface area contributed by atoms with Crippen LogP contribution in [0.2, 0.25) is 5.02 Å². The summed E-state index contributed by atoms with van der Waals surface area (Å²) >= 11 is 14.5. The molecule has 52 heavy (non-hydrogen) atoms. The molecule has 0 radical (unpaired) electrons. The van der Waals surface area contributed by atoms with E-state index in [1.807, 2.05) is 0 Å². The zero-order chi connectivity index (χ0) is 37.8. The minimum absolute atomic E-state index is 0.00144. The van der Waals surface area contributed by atoms with Crippen LogP contribution in [0.25, 0.3) is 10.9 Å². The summed E-state index contributed by atoms with van der Waals surface area (Å²) in [5, 5.41) is 2.65. The van der Waals surface area contributed by atoms with Gasteiger partial charge in [-0.05, 0) is 43.3 Å². The van der Waals surface area contributed by atoms with Crippen molar-refractivity contribution in [3.05, 3.63) is 112 Å². The second kappa shape index (κ2) is 13.4. The fourth-order valence-corrected chi connectivity index (χ4v) is 7.23. The lowest BCUT2D eigenvalue weighted by Gasteiger charge is -2.26. The molecular formula is C37H32Cl2N6O7. The van der Waals surface area contributed by atoms with Crippen LogP contribution in [-0.2, 0) is 38.1 Å². The average molecular weight is 744 g/mol. The molecule has 3 amide bonds. The number of nitrogens with zero attached hydrogens (tertiary/aromatic N) is 5. The van der Waals surface area contributed by atoms with Gasteiger partial charge in [0.05, 0.1) is 45.6 Å². The quantitative estimate of drug-likeness (QED) is 0.179. The Morgan fingerprint density at radius 2 is 1.54 bits per heavy atom. The minimum Gasteiger partial charge on any atom is -0.449 e. The first kappa shape index (κ1) is 36.0. The number of nitrogens with one attached hydrogen (secondary N) is 1. The molecule has 1 unspecified atom stereocenters. The van der Waals surface area contributed by atoms with Crippen molar-refractivity contribution < 1.29 is 33.5 Å². The summed E-state index contributed by atoms with van der Waals surface area (Å²) in [4.78, 5) is 83.9. The first-order valence-electron chi connectivity index (χ1n) is 16.0. The summed E-state index contributed by atoms with van der Waals surface area (Å²) in [7, 11) is 3.34. The van der Waals surface area contributed by atoms with Gasteiger partial charge in [0.15, 0.2) is 0 Å². The van der Waals surface area contributed by atoms with Crippen LogP contribution < -0.4 is 10.2 Å². The minimum atomic E-state index is -1.55. The van der Waals surface area contributed by atoms with Gasteiger partial charge in [-0.15, -0.1) is 11.6 Å². The number of imide groups is 1. The third-order valence-corrected chi connectivity index (χ3v) is 9.53. The Kier molecular flexibility index (Phi) is 9.28. The van der Waals surface area contributed by atoms with E-state index in [4.69, 9.17) is 27.9 Å². The molecule has 0 fully saturated rings. The third kappa shape index (κ3) is 5.81. The van der Waals surface area contributed by atoms with Crippen molar-refractivity contribution in [3.63, 3.8) is 0 Å². The van der Waals surface area contributed by atoms with Gasteiger partial charge in [0, 0.05) is 63.8 Å². The SMILES string of the molecule is CCOC(=O)n1c(C(=O)c2cccn2C)c(N(C(C)=O)C(C)=O)c2c(Cl)c(C3(Cl)C=CC4=C(NC(C)=O)C(C(=O)c5cccn5C)=NC4=C3)ccc21. The van der Waals surface area contributed by atoms with E-state index >= 15 is 0 Å². The molecule has 2 aliphatic rings. The molecule has 4 aromatic rings. The number of alkyl halides is 1. The predicted octanol–water partition coefficient (Wildman–Crippen LogP) is 5.72. The number of aliphatic imine (C=N–C) groups is 1. The zero-order valence-corrected chi connectivity index (χ0v) is 30.4. The molecule has 15 heteroatoms. The van der Waals surface area contributed by atoms with Crippen LogP contribution in [0.1, 0.15) is 59.9 Å². The Balaban J connectivity index is 1.62. The summed E-state index contributed by atoms with van der Waals surface area (Å²) in [6, 6.07) is 9.54. The molecule has 266 valence electrons. The number of hydrogen-bond acceptors (Lipinski definition) is 8. The van der Waals surface area contributed by atoms with Crippen molar-refractivity contribution in [3.8, 4) is 0 Å². The number of rotatable bonds is 8. The maximum absolute atomic E-state index is 14.3. The number of aryl methyl sites for hydroxylation is 2. The van der Waals surface area contributed by atoms with Crippen molar-refractivity contribution in [1.29, 1.82) is 0 Å². The lowest BCUT2D eigenvalue weighted by Crippen LogP contribution is -2.35. The Bertz CT molecular complexity index is 2390. The third-order valence-electron chi connectivity index (χ3n) is 8.70. The standard InChI is InChI=1S/C37H32Cl2N6O7/c1-7-52-36(51)45-25-13-12-23(29(38)28(25)32(44(20(3)47)21(4)48)33(45)35(50)27-11-9-17-43(27)6)37(39)15-14-22-24(18-37)41-31(30(22)40-19(2)46)34(49)26-10-8-16-42(26)5/h8-18H,7H2,1-6H3,(H,40,46). The number of halogens is 2. The van der Waals surface area contributed by atoms with E-state index in [9.17, 15) is 28.8 Å². The highest BCUT2D eigenvalue weighted by atomic mass is 35.5. The molecular weight excluding hydrogens is 711 g/mol. The Morgan fingerprint density at radius 3 is 2.08 bits per heavy atom. The number of carbonyl (C=O) groups excluding carboxylic acids is 6. The van der Waals surface area contributed by atoms with Gasteiger partial charge in [0.2, 0.25) is 29.3 Å². The van der Waals surface area contributed by atoms with Gasteiger partial charge < -0.3 is 19.2 Å². The van der Waals surface area contributed by atoms with E-state index in [2.05, 4.69) is 10.3 Å². The molecule has 1 aliphatic heterocycles. The summed E-state index contributed by atoms with van der Waals surface area (Å²) < 4.78 is 9.52. The summed E-state index contributed by atoms with van der Waals surface area (Å²) in [6.07, 6.45) is 7.14. The van der Waals surface area contributed by atoms with Gasteiger partial charge in [0.25, 0.3) is 0 Å². The highest BCUT2D eigenvalue weighted by Gasteiger charge is 2.40. The average Bonchev–Trinajstić information content (AvgIpc) is 3.85. The van der Waals surface area contributed by atoms with Crippen LogP contribution in [0.15, 0.2) is 89.0 Å². The predicted molar refractivity (Wildman–Crippen MR) is 195 cm³/mol. The van der Waals surface area contributed by atoms with Gasteiger partial charge >= 0.3 is 6.09 Å². The number of carbonyl (C=O) groups is 6. The van der Waals surface area contributed by atoms with E-state index in [0.717, 1.165) is 23.3 Å². The summed E-state index contributed by atoms with van der Waals surface area (Å²) in [6.45, 7) is 5.16. The molecule has 0 bridgehead atoms. The number of aromatic nitrogens is 3. The molecule has 1 aliphatic carbocycles. The number of ketones is 2. The van der Waals surface area contributed by atoms with E-state index in [1.165, 1.54) is 23.6 Å². The lowest BCUT2D eigenvalue weighted by molar-refractivity contribution is -0.124. The van der Waals surface area contributed by atoms with E-state index in [-0.39, 0.29) is 62.3 Å². The van der Waals surface area contributed by atoms with Crippen LogP contribution in [0.3, 0.4) is 0 Å². The van der Waals surface area contributed by atoms with Crippen molar-refractivity contribution >= 4 is 80.9 Å². The van der Waals surface area contributed by atoms with Crippen LogP contribution in [0, 0.1) is 0 Å². The fraction of sp³-hybridized carbons (Fsp3) is 0.216. The van der Waals surface area contributed by atoms with Crippen molar-refractivity contribution in [2.24, 2.45) is 19.1 Å². The molecule has 0 saturated carbocycles. The summed E-state index contributed by atoms with van der Waals surface area (Å²) in [5.41, 5.74) is 1.17. The maximum atomic E-state index is 14.3. The first-order valence-corrected chi connectivity index (χ1v) is 16.8. The molecule has 13 nitrogen and oxygen atoms in total. The van der Waals surface area contributed by atoms with Crippen LogP contribution >= 0.6 is 23.2 Å². The van der Waals surface area contributed by atoms with Crippen LogP contribution in [0.5, 0.6) is 0 Å². The summed E-state index contributed by atoms with van der Waals surface area (Å²) in [5.74, 6) is -3.02. The number of hydrogen-bond donors (Lipinski definition) is 1. The van der Waals surface area contributed by atoms with E-state index in [0.29, 0.717) is 11.3 Å². The molecule has 4 heterocycles. The Labute approximate surface area is 307 Å². The van der Waals surface area contributed by atoms with Gasteiger partial charge in [0.1, 0.15) is 16.3 Å². The normalized spacial score (nSPS) is 16.4. The van der Waals surface area contributed by atoms with E-state index < -0.39 is 40.3 Å². The topological polar surface area (TPSA) is 154 Å². The van der Waals surface area contributed by atoms with Gasteiger partial charge in [-0.2, -0.15) is 0 Å². The zero-order valence-electron chi connectivity index (χ0n) is 28.9. The Morgan fingerprint density at radius 1 is 0.923 bits per heavy atom. The van der Waals surface area contributed by atoms with Crippen molar-refractivity contribution in [1.82, 2.24) is 19.0 Å². The highest BCUT2D eigenvalue weighted by molar-refractivity contribution is 6.52. The smallest absolute Gasteiger partial charge is 0.419 e. The second-order valence-corrected chi connectivity index (χ2v) is 13.2. The molecule has 1 aromatic carbocycles. The number of allylic oxidation sites excluding steroid dienone is 4. The van der Waals surface area contributed by atoms with Crippen LogP contribution in [0.4, 0.5) is 10.5 Å². The molecule has 1 atom stereocenters. The molecule has 3 aromatic heterocycles. The number of ether oxygens (including phenoxy) is 1. The highest BCUT2D eigenvalue weighted by Crippen LogP contribution is 2.49. The van der Waals surface area contributed by atoms with E-state index in [1.54, 1.807) is 80.5 Å². The monoisotopic (exact) mass is 742 g/mol. The maximum Gasteiger partial charge on any atom is 0.419 e. The number of fused-ring (bicyclic) bond motifs is 2. The van der Waals surface area contributed by atoms with Gasteiger partial charge in [-0.3, -0.25) is 24.0 Å². The van der Waals surface area contributed by atoms with Crippen LogP contribution in [-0.4, -0.2) is 61.4 Å². The lowest BCUT2D eigenvalue weighted by atomic mass is 9.89. The number of amides is 3. The van der Waals surface area contributed by atoms with Gasteiger partial charge in [-0.25, -0.2) is 19.3 Å². The molecule has 0 spiro atoms. The van der Waals surface area contributed by atoms with Crippen molar-refractivity contribution in [2.75, 3.05) is 11.5 Å². The van der Waals surface area contributed by atoms with Gasteiger partial charge in [-0.1, -0.05) is 29.8 Å². The largest absolute Gasteiger partial charge is 0.449 e. The molecule has 6 rings (SSSR count). The van der Waals surface area contributed by atoms with Crippen molar-refractivity contribution in [2.45, 2.75) is 32.6 Å². The number of anilines is 1. The second-order valence-electron chi connectivity index (χ2n) is 12.2. The fourth-order valence-electron chi connectivity index (χ4n) is 6.45. The molecule has 0 saturated heterocycles.